The van der Waals surface area contributed by atoms with Crippen molar-refractivity contribution < 1.29 is 9.90 Å². The van der Waals surface area contributed by atoms with Gasteiger partial charge in [0.05, 0.1) is 17.8 Å². The smallest absolute Gasteiger partial charge is 0.309 e. The third-order valence-electron chi connectivity index (χ3n) is 2.79. The van der Waals surface area contributed by atoms with Gasteiger partial charge in [0.2, 0.25) is 0 Å². The fourth-order valence-corrected chi connectivity index (χ4v) is 2.17. The molecular formula is C13H13ClN2O2. The summed E-state index contributed by atoms with van der Waals surface area (Å²) < 4.78 is 1.62. The predicted molar refractivity (Wildman–Crippen MR) is 69.7 cm³/mol. The number of hydrogen-bond acceptors (Lipinski definition) is 2. The highest BCUT2D eigenvalue weighted by molar-refractivity contribution is 6.30. The lowest BCUT2D eigenvalue weighted by Crippen LogP contribution is -2.07. The van der Waals surface area contributed by atoms with Gasteiger partial charge in [-0.05, 0) is 24.6 Å². The summed E-state index contributed by atoms with van der Waals surface area (Å²) in [5, 5.41) is 13.9. The van der Waals surface area contributed by atoms with Gasteiger partial charge in [-0.2, -0.15) is 5.10 Å². The van der Waals surface area contributed by atoms with E-state index in [2.05, 4.69) is 5.10 Å². The molecule has 4 nitrogen and oxygen atoms in total. The fourth-order valence-electron chi connectivity index (χ4n) is 2.04. The number of benzene rings is 1. The summed E-state index contributed by atoms with van der Waals surface area (Å²) >= 11 is 5.85. The van der Waals surface area contributed by atoms with E-state index in [4.69, 9.17) is 16.7 Å². The van der Waals surface area contributed by atoms with Gasteiger partial charge < -0.3 is 5.11 Å². The molecule has 0 unspecified atom stereocenters. The van der Waals surface area contributed by atoms with Gasteiger partial charge in [0, 0.05) is 17.6 Å². The van der Waals surface area contributed by atoms with Crippen molar-refractivity contribution in [3.05, 3.63) is 40.7 Å². The van der Waals surface area contributed by atoms with Gasteiger partial charge in [-0.25, -0.2) is 0 Å². The third-order valence-corrected chi connectivity index (χ3v) is 3.04. The fraction of sp³-hybridized carbons (Fsp3) is 0.231. The van der Waals surface area contributed by atoms with Crippen LogP contribution in [0.3, 0.4) is 0 Å². The first-order valence-electron chi connectivity index (χ1n) is 5.49. The quantitative estimate of drug-likeness (QED) is 0.927. The van der Waals surface area contributed by atoms with Crippen LogP contribution in [0, 0.1) is 6.92 Å². The van der Waals surface area contributed by atoms with Crippen LogP contribution in [0.4, 0.5) is 0 Å². The Morgan fingerprint density at radius 2 is 2.00 bits per heavy atom. The zero-order valence-electron chi connectivity index (χ0n) is 10.1. The van der Waals surface area contributed by atoms with Crippen LogP contribution in [0.1, 0.15) is 11.4 Å². The summed E-state index contributed by atoms with van der Waals surface area (Å²) in [5.74, 6) is -0.867. The average molecular weight is 265 g/mol. The summed E-state index contributed by atoms with van der Waals surface area (Å²) in [4.78, 5) is 10.9. The second-order valence-corrected chi connectivity index (χ2v) is 4.54. The van der Waals surface area contributed by atoms with Crippen molar-refractivity contribution in [2.45, 2.75) is 13.3 Å². The van der Waals surface area contributed by atoms with Crippen molar-refractivity contribution >= 4 is 17.6 Å². The SMILES string of the molecule is Cc1nn(C)c(CC(=O)O)c1-c1ccc(Cl)cc1. The molecule has 2 aromatic rings. The van der Waals surface area contributed by atoms with E-state index in [-0.39, 0.29) is 6.42 Å². The van der Waals surface area contributed by atoms with Crippen molar-refractivity contribution in [2.75, 3.05) is 0 Å². The zero-order valence-corrected chi connectivity index (χ0v) is 10.9. The first kappa shape index (κ1) is 12.6. The number of aryl methyl sites for hydroxylation is 2. The number of rotatable bonds is 3. The molecule has 18 heavy (non-hydrogen) atoms. The molecule has 0 amide bonds. The highest BCUT2D eigenvalue weighted by Gasteiger charge is 2.17. The van der Waals surface area contributed by atoms with E-state index in [0.29, 0.717) is 10.7 Å². The molecule has 0 spiro atoms. The Hall–Kier alpha value is -1.81. The maximum Gasteiger partial charge on any atom is 0.309 e. The van der Waals surface area contributed by atoms with Crippen LogP contribution < -0.4 is 0 Å². The molecule has 5 heteroatoms. The van der Waals surface area contributed by atoms with Crippen molar-refractivity contribution in [1.82, 2.24) is 9.78 Å². The van der Waals surface area contributed by atoms with Gasteiger partial charge in [0.15, 0.2) is 0 Å². The number of nitrogens with zero attached hydrogens (tertiary/aromatic N) is 2. The summed E-state index contributed by atoms with van der Waals surface area (Å²) in [6.07, 6.45) is -0.0463. The van der Waals surface area contributed by atoms with Crippen molar-refractivity contribution in [3.63, 3.8) is 0 Å². The first-order valence-corrected chi connectivity index (χ1v) is 5.87. The van der Waals surface area contributed by atoms with Crippen LogP contribution in [0.25, 0.3) is 11.1 Å². The molecule has 0 fully saturated rings. The summed E-state index contributed by atoms with van der Waals surface area (Å²) in [5.41, 5.74) is 3.32. The van der Waals surface area contributed by atoms with Crippen LogP contribution in [-0.4, -0.2) is 20.9 Å². The van der Waals surface area contributed by atoms with Gasteiger partial charge in [0.1, 0.15) is 0 Å². The molecule has 0 saturated heterocycles. The van der Waals surface area contributed by atoms with E-state index in [1.165, 1.54) is 0 Å². The summed E-state index contributed by atoms with van der Waals surface area (Å²) in [7, 11) is 1.75. The predicted octanol–water partition coefficient (Wildman–Crippen LogP) is 2.68. The van der Waals surface area contributed by atoms with Gasteiger partial charge in [-0.15, -0.1) is 0 Å². The van der Waals surface area contributed by atoms with Gasteiger partial charge >= 0.3 is 5.97 Å². The van der Waals surface area contributed by atoms with Gasteiger partial charge in [0.25, 0.3) is 0 Å². The molecule has 94 valence electrons. The van der Waals surface area contributed by atoms with E-state index in [9.17, 15) is 4.79 Å². The first-order chi connectivity index (χ1) is 8.49. The number of carboxylic acid groups (broad SMARTS) is 1. The molecule has 1 heterocycles. The Morgan fingerprint density at radius 1 is 1.39 bits per heavy atom. The number of carbonyl (C=O) groups is 1. The molecule has 0 atom stereocenters. The molecule has 1 aromatic carbocycles. The number of aromatic nitrogens is 2. The minimum atomic E-state index is -0.867. The van der Waals surface area contributed by atoms with E-state index in [1.807, 2.05) is 19.1 Å². The Balaban J connectivity index is 2.55. The molecule has 1 aromatic heterocycles. The molecule has 0 aliphatic rings. The van der Waals surface area contributed by atoms with E-state index in [1.54, 1.807) is 23.9 Å². The molecule has 0 radical (unpaired) electrons. The molecule has 0 aliphatic heterocycles. The molecule has 2 rings (SSSR count). The highest BCUT2D eigenvalue weighted by atomic mass is 35.5. The van der Waals surface area contributed by atoms with Gasteiger partial charge in [-0.3, -0.25) is 9.48 Å². The number of carboxylic acids is 1. The topological polar surface area (TPSA) is 55.1 Å². The Labute approximate surface area is 110 Å². The maximum absolute atomic E-state index is 10.9. The number of aliphatic carboxylic acids is 1. The largest absolute Gasteiger partial charge is 0.481 e. The standard InChI is InChI=1S/C13H13ClN2O2/c1-8-13(9-3-5-10(14)6-4-9)11(7-12(17)18)16(2)15-8/h3-6H,7H2,1-2H3,(H,17,18). The van der Waals surface area contributed by atoms with Crippen LogP contribution in [0.2, 0.25) is 5.02 Å². The van der Waals surface area contributed by atoms with E-state index < -0.39 is 5.97 Å². The molecule has 0 aliphatic carbocycles. The normalized spacial score (nSPS) is 10.6. The molecular weight excluding hydrogens is 252 g/mol. The zero-order chi connectivity index (χ0) is 13.3. The van der Waals surface area contributed by atoms with Crippen molar-refractivity contribution in [2.24, 2.45) is 7.05 Å². The van der Waals surface area contributed by atoms with Crippen LogP contribution in [0.15, 0.2) is 24.3 Å². The Bertz CT molecular complexity index is 588. The number of halogens is 1. The summed E-state index contributed by atoms with van der Waals surface area (Å²) in [6.45, 7) is 1.87. The molecule has 1 N–H and O–H groups in total. The number of hydrogen-bond donors (Lipinski definition) is 1. The van der Waals surface area contributed by atoms with E-state index in [0.717, 1.165) is 16.8 Å². The summed E-state index contributed by atoms with van der Waals surface area (Å²) in [6, 6.07) is 7.32. The maximum atomic E-state index is 10.9. The lowest BCUT2D eigenvalue weighted by atomic mass is 10.0. The monoisotopic (exact) mass is 264 g/mol. The second-order valence-electron chi connectivity index (χ2n) is 4.11. The third kappa shape index (κ3) is 2.38. The van der Waals surface area contributed by atoms with Crippen LogP contribution in [-0.2, 0) is 18.3 Å². The lowest BCUT2D eigenvalue weighted by Gasteiger charge is -2.05. The van der Waals surface area contributed by atoms with Crippen LogP contribution >= 0.6 is 11.6 Å². The van der Waals surface area contributed by atoms with Gasteiger partial charge in [-0.1, -0.05) is 23.7 Å². The Kier molecular flexibility index (Phi) is 3.39. The highest BCUT2D eigenvalue weighted by Crippen LogP contribution is 2.28. The van der Waals surface area contributed by atoms with Crippen molar-refractivity contribution in [1.29, 1.82) is 0 Å². The average Bonchev–Trinajstić information content (AvgIpc) is 2.55. The van der Waals surface area contributed by atoms with Crippen LogP contribution in [0.5, 0.6) is 0 Å². The molecule has 0 saturated carbocycles. The Morgan fingerprint density at radius 3 is 2.56 bits per heavy atom. The van der Waals surface area contributed by atoms with Crippen molar-refractivity contribution in [3.8, 4) is 11.1 Å². The minimum absolute atomic E-state index is 0.0463. The lowest BCUT2D eigenvalue weighted by molar-refractivity contribution is -0.136. The minimum Gasteiger partial charge on any atom is -0.481 e. The second kappa shape index (κ2) is 4.82. The molecule has 0 bridgehead atoms. The van der Waals surface area contributed by atoms with E-state index >= 15 is 0 Å².